The second kappa shape index (κ2) is 9.36. The number of carbonyl (C=O) groups excluding carboxylic acids is 1. The molecular weight excluding hydrogens is 460 g/mol. The molecule has 0 fully saturated rings. The van der Waals surface area contributed by atoms with E-state index in [1.54, 1.807) is 30.3 Å². The van der Waals surface area contributed by atoms with Crippen molar-refractivity contribution in [2.45, 2.75) is 25.4 Å². The van der Waals surface area contributed by atoms with Gasteiger partial charge in [0.25, 0.3) is 5.91 Å². The smallest absolute Gasteiger partial charge is 0.352 e. The minimum atomic E-state index is -4.36. The van der Waals surface area contributed by atoms with Crippen molar-refractivity contribution >= 4 is 17.4 Å². The maximum atomic E-state index is 13.5. The normalized spacial score (nSPS) is 13.2. The summed E-state index contributed by atoms with van der Waals surface area (Å²) in [6.45, 7) is -0.0255. The number of aromatic nitrogens is 1. The number of nitrogens with zero attached hydrogens (tertiary/aromatic N) is 2. The third kappa shape index (κ3) is 5.16. The van der Waals surface area contributed by atoms with Gasteiger partial charge in [-0.25, -0.2) is 18.2 Å². The first kappa shape index (κ1) is 23.6. The maximum absolute atomic E-state index is 13.5. The van der Waals surface area contributed by atoms with Crippen molar-refractivity contribution in [2.75, 3.05) is 18.0 Å². The summed E-state index contributed by atoms with van der Waals surface area (Å²) in [6.07, 6.45) is -3.31. The molecule has 2 heterocycles. The van der Waals surface area contributed by atoms with E-state index in [1.807, 2.05) is 4.90 Å². The van der Waals surface area contributed by atoms with Crippen LogP contribution < -0.4 is 10.2 Å². The summed E-state index contributed by atoms with van der Waals surface area (Å²) in [5.41, 5.74) is 2.64. The Hall–Kier alpha value is -3.56. The molecular formula is C24H19F6N3O. The number of fused-ring (bicyclic) bond motifs is 1. The monoisotopic (exact) mass is 479 g/mol. The standard InChI is InChI=1S/C24H19F6N3O/c25-18-11-15(12-19(26)22(18)27)10-14-4-7-31-21(13-14)33-9-5-16-17(2-1-3-20(16)33)23(34)32-8-6-24(28,29)30/h1-4,7,11-13H,5-6,8-10H2,(H,32,34). The number of carbonyl (C=O) groups is 1. The Morgan fingerprint density at radius 3 is 2.47 bits per heavy atom. The average molecular weight is 479 g/mol. The van der Waals surface area contributed by atoms with Crippen molar-refractivity contribution in [1.29, 1.82) is 0 Å². The van der Waals surface area contributed by atoms with Crippen LogP contribution in [0.3, 0.4) is 0 Å². The lowest BCUT2D eigenvalue weighted by Gasteiger charge is -2.19. The van der Waals surface area contributed by atoms with Crippen LogP contribution in [0.5, 0.6) is 0 Å². The zero-order chi connectivity index (χ0) is 24.5. The molecule has 2 aromatic carbocycles. The van der Waals surface area contributed by atoms with Gasteiger partial charge in [-0.15, -0.1) is 0 Å². The minimum absolute atomic E-state index is 0.145. The van der Waals surface area contributed by atoms with Gasteiger partial charge in [-0.05, 0) is 65.9 Å². The van der Waals surface area contributed by atoms with Crippen LogP contribution in [0, 0.1) is 17.5 Å². The molecule has 1 amide bonds. The maximum Gasteiger partial charge on any atom is 0.390 e. The number of pyridine rings is 1. The van der Waals surface area contributed by atoms with Gasteiger partial charge in [-0.1, -0.05) is 6.07 Å². The van der Waals surface area contributed by atoms with E-state index < -0.39 is 42.5 Å². The van der Waals surface area contributed by atoms with Crippen LogP contribution in [0.1, 0.15) is 33.5 Å². The van der Waals surface area contributed by atoms with Gasteiger partial charge >= 0.3 is 6.18 Å². The number of anilines is 2. The fourth-order valence-electron chi connectivity index (χ4n) is 3.96. The van der Waals surface area contributed by atoms with Crippen molar-refractivity contribution in [3.05, 3.63) is 88.4 Å². The van der Waals surface area contributed by atoms with Crippen LogP contribution in [0.25, 0.3) is 0 Å². The Balaban J connectivity index is 1.54. The van der Waals surface area contributed by atoms with E-state index in [4.69, 9.17) is 0 Å². The van der Waals surface area contributed by atoms with Crippen molar-refractivity contribution in [3.63, 3.8) is 0 Å². The largest absolute Gasteiger partial charge is 0.390 e. The topological polar surface area (TPSA) is 45.2 Å². The molecule has 34 heavy (non-hydrogen) atoms. The van der Waals surface area contributed by atoms with Gasteiger partial charge in [0.1, 0.15) is 5.82 Å². The van der Waals surface area contributed by atoms with Crippen molar-refractivity contribution in [2.24, 2.45) is 0 Å². The molecule has 1 N–H and O–H groups in total. The summed E-state index contributed by atoms with van der Waals surface area (Å²) in [5, 5.41) is 2.31. The molecule has 0 atom stereocenters. The number of rotatable bonds is 6. The van der Waals surface area contributed by atoms with Crippen molar-refractivity contribution in [1.82, 2.24) is 10.3 Å². The lowest BCUT2D eigenvalue weighted by molar-refractivity contribution is -0.132. The predicted molar refractivity (Wildman–Crippen MR) is 114 cm³/mol. The van der Waals surface area contributed by atoms with E-state index in [-0.39, 0.29) is 12.0 Å². The Labute approximate surface area is 191 Å². The summed E-state index contributed by atoms with van der Waals surface area (Å²) in [7, 11) is 0. The van der Waals surface area contributed by atoms with Crippen LogP contribution >= 0.6 is 0 Å². The van der Waals surface area contributed by atoms with Crippen LogP contribution in [0.4, 0.5) is 37.8 Å². The van der Waals surface area contributed by atoms with Gasteiger partial charge < -0.3 is 10.2 Å². The van der Waals surface area contributed by atoms with E-state index in [2.05, 4.69) is 10.3 Å². The van der Waals surface area contributed by atoms with Crippen LogP contribution in [0.15, 0.2) is 48.7 Å². The SMILES string of the molecule is O=C(NCCC(F)(F)F)c1cccc2c1CCN2c1cc(Cc2cc(F)c(F)c(F)c2)ccn1. The number of nitrogens with one attached hydrogen (secondary N) is 1. The van der Waals surface area contributed by atoms with Crippen LogP contribution in [-0.4, -0.2) is 30.2 Å². The first-order valence-corrected chi connectivity index (χ1v) is 10.4. The molecule has 1 aliphatic rings. The summed E-state index contributed by atoms with van der Waals surface area (Å²) in [5.74, 6) is -4.09. The van der Waals surface area contributed by atoms with Gasteiger partial charge in [0.15, 0.2) is 17.5 Å². The lowest BCUT2D eigenvalue weighted by atomic mass is 10.0. The second-order valence-corrected chi connectivity index (χ2v) is 7.90. The number of halogens is 6. The van der Waals surface area contributed by atoms with Crippen LogP contribution in [0.2, 0.25) is 0 Å². The fourth-order valence-corrected chi connectivity index (χ4v) is 3.96. The molecule has 4 rings (SSSR count). The van der Waals surface area contributed by atoms with E-state index in [0.29, 0.717) is 41.2 Å². The zero-order valence-electron chi connectivity index (χ0n) is 17.7. The highest BCUT2D eigenvalue weighted by atomic mass is 19.4. The summed E-state index contributed by atoms with van der Waals surface area (Å²) in [6, 6.07) is 10.3. The first-order chi connectivity index (χ1) is 16.1. The molecule has 0 saturated heterocycles. The molecule has 0 radical (unpaired) electrons. The molecule has 0 spiro atoms. The summed E-state index contributed by atoms with van der Waals surface area (Å²) < 4.78 is 77.4. The number of benzene rings is 2. The van der Waals surface area contributed by atoms with Gasteiger partial charge in [0.05, 0.1) is 6.42 Å². The number of hydrogen-bond donors (Lipinski definition) is 1. The highest BCUT2D eigenvalue weighted by Crippen LogP contribution is 2.36. The summed E-state index contributed by atoms with van der Waals surface area (Å²) in [4.78, 5) is 18.7. The van der Waals surface area contributed by atoms with Crippen molar-refractivity contribution in [3.8, 4) is 0 Å². The van der Waals surface area contributed by atoms with E-state index in [0.717, 1.165) is 12.1 Å². The molecule has 0 aliphatic carbocycles. The third-order valence-corrected chi connectivity index (χ3v) is 5.50. The minimum Gasteiger partial charge on any atom is -0.352 e. The third-order valence-electron chi connectivity index (χ3n) is 5.50. The van der Waals surface area contributed by atoms with Crippen LogP contribution in [-0.2, 0) is 12.8 Å². The molecule has 1 aromatic heterocycles. The Morgan fingerprint density at radius 1 is 1.03 bits per heavy atom. The van der Waals surface area contributed by atoms with E-state index >= 15 is 0 Å². The molecule has 3 aromatic rings. The Kier molecular flexibility index (Phi) is 6.49. The van der Waals surface area contributed by atoms with Gasteiger partial charge in [-0.3, -0.25) is 4.79 Å². The summed E-state index contributed by atoms with van der Waals surface area (Å²) >= 11 is 0. The molecule has 10 heteroatoms. The molecule has 0 unspecified atom stereocenters. The van der Waals surface area contributed by atoms with Gasteiger partial charge in [0, 0.05) is 30.5 Å². The molecule has 1 aliphatic heterocycles. The first-order valence-electron chi connectivity index (χ1n) is 10.4. The van der Waals surface area contributed by atoms with E-state index in [9.17, 15) is 31.1 Å². The highest BCUT2D eigenvalue weighted by molar-refractivity contribution is 5.98. The van der Waals surface area contributed by atoms with E-state index in [1.165, 1.54) is 6.20 Å². The molecule has 0 bridgehead atoms. The quantitative estimate of drug-likeness (QED) is 0.377. The number of hydrogen-bond acceptors (Lipinski definition) is 3. The Bertz CT molecular complexity index is 1200. The zero-order valence-corrected chi connectivity index (χ0v) is 17.7. The predicted octanol–water partition coefficient (Wildman–Crippen LogP) is 5.47. The number of amides is 1. The van der Waals surface area contributed by atoms with Gasteiger partial charge in [0.2, 0.25) is 0 Å². The fraction of sp³-hybridized carbons (Fsp3) is 0.250. The second-order valence-electron chi connectivity index (χ2n) is 7.90. The van der Waals surface area contributed by atoms with Gasteiger partial charge in [-0.2, -0.15) is 13.2 Å². The highest BCUT2D eigenvalue weighted by Gasteiger charge is 2.28. The van der Waals surface area contributed by atoms with Crippen molar-refractivity contribution < 1.29 is 31.1 Å². The lowest BCUT2D eigenvalue weighted by Crippen LogP contribution is -2.28. The number of alkyl halides is 3. The average Bonchev–Trinajstić information content (AvgIpc) is 3.21. The molecule has 178 valence electrons. The molecule has 0 saturated carbocycles. The molecule has 4 nitrogen and oxygen atoms in total. The Morgan fingerprint density at radius 2 is 1.76 bits per heavy atom.